The van der Waals surface area contributed by atoms with Crippen LogP contribution < -0.4 is 4.72 Å². The summed E-state index contributed by atoms with van der Waals surface area (Å²) in [5, 5.41) is 8.86. The number of benzene rings is 1. The number of aliphatic hydroxyl groups excluding tert-OH is 1. The molecule has 1 fully saturated rings. The molecule has 2 rings (SSSR count). The zero-order valence-corrected chi connectivity index (χ0v) is 12.8. The largest absolute Gasteiger partial charge is 0.392 e. The molecule has 1 saturated heterocycles. The van der Waals surface area contributed by atoms with Crippen molar-refractivity contribution in [3.8, 4) is 0 Å². The average molecular weight is 337 g/mol. The Labute approximate surface area is 123 Å². The molecule has 6 nitrogen and oxygen atoms in total. The number of hydrogen-bond donors (Lipinski definition) is 2. The summed E-state index contributed by atoms with van der Waals surface area (Å²) in [7, 11) is -7.12. The van der Waals surface area contributed by atoms with Crippen LogP contribution in [0.25, 0.3) is 0 Å². The zero-order chi connectivity index (χ0) is 15.7. The van der Waals surface area contributed by atoms with E-state index in [1.807, 2.05) is 0 Å². The maximum atomic E-state index is 13.7. The Balaban J connectivity index is 2.09. The van der Waals surface area contributed by atoms with E-state index in [2.05, 4.69) is 4.72 Å². The molecule has 0 spiro atoms. The molecule has 21 heavy (non-hydrogen) atoms. The van der Waals surface area contributed by atoms with Gasteiger partial charge in [0, 0.05) is 6.54 Å². The van der Waals surface area contributed by atoms with E-state index in [1.54, 1.807) is 0 Å². The van der Waals surface area contributed by atoms with Gasteiger partial charge in [-0.3, -0.25) is 0 Å². The summed E-state index contributed by atoms with van der Waals surface area (Å²) in [6, 6.07) is 3.35. The third kappa shape index (κ3) is 4.00. The number of nitrogens with one attached hydrogen (secondary N) is 1. The third-order valence-corrected chi connectivity index (χ3v) is 6.65. The average Bonchev–Trinajstić information content (AvgIpc) is 2.75. The summed E-state index contributed by atoms with van der Waals surface area (Å²) in [5.74, 6) is -1.24. The summed E-state index contributed by atoms with van der Waals surface area (Å²) < 4.78 is 62.6. The van der Waals surface area contributed by atoms with Crippen molar-refractivity contribution in [2.45, 2.75) is 17.9 Å². The standard InChI is InChI=1S/C12H16FNO5S2/c13-11-5-9(7-15)1-2-12(11)21(18,19)14-6-10-3-4-20(16,17)8-10/h1-2,5,10,14-15H,3-4,6-8H2. The minimum absolute atomic E-state index is 0.0389. The first-order chi connectivity index (χ1) is 9.73. The molecule has 0 aliphatic carbocycles. The molecule has 1 atom stereocenters. The van der Waals surface area contributed by atoms with Gasteiger partial charge in [0.1, 0.15) is 10.7 Å². The first kappa shape index (κ1) is 16.3. The Kier molecular flexibility index (Phi) is 4.66. The Bertz CT molecular complexity index is 730. The Morgan fingerprint density at radius 1 is 1.38 bits per heavy atom. The number of halogens is 1. The Hall–Kier alpha value is -1.03. The predicted molar refractivity (Wildman–Crippen MR) is 74.3 cm³/mol. The molecule has 0 radical (unpaired) electrons. The van der Waals surface area contributed by atoms with Crippen LogP contribution in [-0.2, 0) is 26.5 Å². The minimum atomic E-state index is -4.04. The van der Waals surface area contributed by atoms with Crippen LogP contribution in [0.3, 0.4) is 0 Å². The number of sulfone groups is 1. The predicted octanol–water partition coefficient (Wildman–Crippen LogP) is 0.0310. The summed E-state index contributed by atoms with van der Waals surface area (Å²) in [6.07, 6.45) is 0.400. The highest BCUT2D eigenvalue weighted by Gasteiger charge is 2.29. The fraction of sp³-hybridized carbons (Fsp3) is 0.500. The van der Waals surface area contributed by atoms with Crippen LogP contribution in [0, 0.1) is 11.7 Å². The van der Waals surface area contributed by atoms with E-state index in [1.165, 1.54) is 6.07 Å². The Morgan fingerprint density at radius 2 is 2.10 bits per heavy atom. The monoisotopic (exact) mass is 337 g/mol. The van der Waals surface area contributed by atoms with E-state index in [0.29, 0.717) is 6.42 Å². The number of rotatable bonds is 5. The molecule has 0 saturated carbocycles. The van der Waals surface area contributed by atoms with Crippen molar-refractivity contribution < 1.29 is 26.3 Å². The van der Waals surface area contributed by atoms with E-state index in [4.69, 9.17) is 5.11 Å². The summed E-state index contributed by atoms with van der Waals surface area (Å²) in [4.78, 5) is -0.513. The van der Waals surface area contributed by atoms with Gasteiger partial charge in [0.2, 0.25) is 10.0 Å². The molecule has 9 heteroatoms. The molecule has 1 aliphatic rings. The highest BCUT2D eigenvalue weighted by molar-refractivity contribution is 7.91. The molecule has 1 aromatic carbocycles. The van der Waals surface area contributed by atoms with Crippen molar-refractivity contribution in [3.05, 3.63) is 29.6 Å². The maximum Gasteiger partial charge on any atom is 0.243 e. The van der Waals surface area contributed by atoms with E-state index >= 15 is 0 Å². The fourth-order valence-electron chi connectivity index (χ4n) is 2.20. The number of hydrogen-bond acceptors (Lipinski definition) is 5. The zero-order valence-electron chi connectivity index (χ0n) is 11.1. The van der Waals surface area contributed by atoms with Crippen LogP contribution in [0.1, 0.15) is 12.0 Å². The topological polar surface area (TPSA) is 101 Å². The van der Waals surface area contributed by atoms with Crippen LogP contribution in [-0.4, -0.2) is 40.0 Å². The molecule has 118 valence electrons. The van der Waals surface area contributed by atoms with Gasteiger partial charge in [-0.1, -0.05) is 6.07 Å². The number of aliphatic hydroxyl groups is 1. The molecule has 2 N–H and O–H groups in total. The van der Waals surface area contributed by atoms with Crippen LogP contribution in [0.5, 0.6) is 0 Å². The molecule has 1 unspecified atom stereocenters. The molecular weight excluding hydrogens is 321 g/mol. The van der Waals surface area contributed by atoms with Gasteiger partial charge in [-0.15, -0.1) is 0 Å². The minimum Gasteiger partial charge on any atom is -0.392 e. The van der Waals surface area contributed by atoms with E-state index in [0.717, 1.165) is 12.1 Å². The van der Waals surface area contributed by atoms with Gasteiger partial charge in [0.25, 0.3) is 0 Å². The van der Waals surface area contributed by atoms with Crippen molar-refractivity contribution in [2.24, 2.45) is 5.92 Å². The van der Waals surface area contributed by atoms with Gasteiger partial charge >= 0.3 is 0 Å². The van der Waals surface area contributed by atoms with Crippen molar-refractivity contribution >= 4 is 19.9 Å². The van der Waals surface area contributed by atoms with Crippen molar-refractivity contribution in [3.63, 3.8) is 0 Å². The van der Waals surface area contributed by atoms with E-state index < -0.39 is 30.6 Å². The second-order valence-electron chi connectivity index (χ2n) is 5.04. The first-order valence-corrected chi connectivity index (χ1v) is 9.63. The first-order valence-electron chi connectivity index (χ1n) is 6.33. The summed E-state index contributed by atoms with van der Waals surface area (Å²) >= 11 is 0. The maximum absolute atomic E-state index is 13.7. The molecular formula is C12H16FNO5S2. The van der Waals surface area contributed by atoms with Crippen LogP contribution in [0.15, 0.2) is 23.1 Å². The smallest absolute Gasteiger partial charge is 0.243 e. The molecule has 0 amide bonds. The lowest BCUT2D eigenvalue weighted by Gasteiger charge is -2.11. The van der Waals surface area contributed by atoms with Gasteiger partial charge < -0.3 is 5.11 Å². The van der Waals surface area contributed by atoms with Crippen molar-refractivity contribution in [1.29, 1.82) is 0 Å². The fourth-order valence-corrected chi connectivity index (χ4v) is 5.23. The number of sulfonamides is 1. The van der Waals surface area contributed by atoms with E-state index in [9.17, 15) is 21.2 Å². The van der Waals surface area contributed by atoms with Gasteiger partial charge in [-0.2, -0.15) is 0 Å². The normalized spacial score (nSPS) is 21.5. The van der Waals surface area contributed by atoms with Gasteiger partial charge in [0.15, 0.2) is 9.84 Å². The van der Waals surface area contributed by atoms with Crippen LogP contribution in [0.2, 0.25) is 0 Å². The molecule has 1 heterocycles. The van der Waals surface area contributed by atoms with Gasteiger partial charge in [-0.25, -0.2) is 25.9 Å². The van der Waals surface area contributed by atoms with Gasteiger partial charge in [-0.05, 0) is 30.0 Å². The summed E-state index contributed by atoms with van der Waals surface area (Å²) in [6.45, 7) is -0.423. The lowest BCUT2D eigenvalue weighted by molar-refractivity contribution is 0.281. The second-order valence-corrected chi connectivity index (χ2v) is 9.01. The lowest BCUT2D eigenvalue weighted by atomic mass is 10.1. The van der Waals surface area contributed by atoms with Gasteiger partial charge in [0.05, 0.1) is 18.1 Å². The SMILES string of the molecule is O=S1(=O)CCC(CNS(=O)(=O)c2ccc(CO)cc2F)C1. The van der Waals surface area contributed by atoms with Crippen molar-refractivity contribution in [1.82, 2.24) is 4.72 Å². The third-order valence-electron chi connectivity index (χ3n) is 3.36. The molecule has 1 aliphatic heterocycles. The van der Waals surface area contributed by atoms with Crippen LogP contribution in [0.4, 0.5) is 4.39 Å². The molecule has 0 aromatic heterocycles. The second kappa shape index (κ2) is 5.99. The Morgan fingerprint density at radius 3 is 2.62 bits per heavy atom. The highest BCUT2D eigenvalue weighted by atomic mass is 32.2. The van der Waals surface area contributed by atoms with Crippen molar-refractivity contribution in [2.75, 3.05) is 18.1 Å². The highest BCUT2D eigenvalue weighted by Crippen LogP contribution is 2.20. The molecule has 0 bridgehead atoms. The van der Waals surface area contributed by atoms with E-state index in [-0.39, 0.29) is 36.1 Å². The molecule has 1 aromatic rings. The quantitative estimate of drug-likeness (QED) is 0.789. The lowest BCUT2D eigenvalue weighted by Crippen LogP contribution is -2.30. The van der Waals surface area contributed by atoms with Crippen LogP contribution >= 0.6 is 0 Å². The summed E-state index contributed by atoms with van der Waals surface area (Å²) in [5.41, 5.74) is 0.272.